The highest BCUT2D eigenvalue weighted by molar-refractivity contribution is 4.93. The van der Waals surface area contributed by atoms with Gasteiger partial charge in [-0.1, -0.05) is 11.5 Å². The molecule has 7 heavy (non-hydrogen) atoms. The van der Waals surface area contributed by atoms with Crippen molar-refractivity contribution in [1.82, 2.24) is 0 Å². The number of hydrogen-bond acceptors (Lipinski definition) is 0. The molecule has 0 aromatic heterocycles. The third kappa shape index (κ3) is 5.30. The first-order chi connectivity index (χ1) is 3.27. The molecule has 0 aliphatic carbocycles. The lowest BCUT2D eigenvalue weighted by atomic mass is 10.4. The molecule has 0 aliphatic rings. The summed E-state index contributed by atoms with van der Waals surface area (Å²) in [5.74, 6) is 0. The van der Waals surface area contributed by atoms with E-state index in [2.05, 4.69) is 11.5 Å². The van der Waals surface area contributed by atoms with E-state index in [0.29, 0.717) is 0 Å². The van der Waals surface area contributed by atoms with Crippen LogP contribution in [0.25, 0.3) is 0 Å². The second kappa shape index (κ2) is 3.49. The molecule has 0 atom stereocenters. The Balaban J connectivity index is 4.16. The van der Waals surface area contributed by atoms with Crippen molar-refractivity contribution >= 4 is 0 Å². The summed E-state index contributed by atoms with van der Waals surface area (Å²) in [5.41, 5.74) is 6.91. The van der Waals surface area contributed by atoms with Gasteiger partial charge in [-0.2, -0.15) is 0 Å². The molecule has 0 aromatic rings. The van der Waals surface area contributed by atoms with Gasteiger partial charge in [0.15, 0.2) is 0 Å². The van der Waals surface area contributed by atoms with E-state index in [-0.39, 0.29) is 0 Å². The van der Waals surface area contributed by atoms with Crippen LogP contribution in [0.4, 0.5) is 0 Å². The van der Waals surface area contributed by atoms with E-state index in [4.69, 9.17) is 0 Å². The van der Waals surface area contributed by atoms with Crippen LogP contribution < -0.4 is 0 Å². The maximum Gasteiger partial charge on any atom is -0.0261 e. The van der Waals surface area contributed by atoms with Crippen molar-refractivity contribution in [3.8, 4) is 0 Å². The monoisotopic (exact) mass is 94.1 g/mol. The van der Waals surface area contributed by atoms with Crippen LogP contribution in [0.3, 0.4) is 0 Å². The number of rotatable bonds is 0. The lowest BCUT2D eigenvalue weighted by Crippen LogP contribution is -1.48. The summed E-state index contributed by atoms with van der Waals surface area (Å²) in [4.78, 5) is 0. The van der Waals surface area contributed by atoms with Gasteiger partial charge >= 0.3 is 0 Å². The summed E-state index contributed by atoms with van der Waals surface area (Å²) in [6, 6.07) is 0. The molecular weight excluding hydrogens is 84.1 g/mol. The molecule has 0 heterocycles. The normalized spacial score (nSPS) is 6.14. The molecule has 0 rings (SSSR count). The van der Waals surface area contributed by atoms with Crippen molar-refractivity contribution in [2.24, 2.45) is 0 Å². The van der Waals surface area contributed by atoms with Gasteiger partial charge in [-0.05, 0) is 32.4 Å². The molecule has 0 unspecified atom stereocenters. The molecule has 0 saturated heterocycles. The van der Waals surface area contributed by atoms with E-state index in [0.717, 1.165) is 5.57 Å². The Bertz CT molecular complexity index is 124. The zero-order valence-electron chi connectivity index (χ0n) is 5.08. The number of hydrogen-bond donors (Lipinski definition) is 0. The molecule has 0 saturated carbocycles. The highest BCUT2D eigenvalue weighted by Gasteiger charge is 1.60. The van der Waals surface area contributed by atoms with Gasteiger partial charge in [0.25, 0.3) is 0 Å². The highest BCUT2D eigenvalue weighted by atomic mass is 13.7. The molecule has 0 nitrogen and oxygen atoms in total. The molecule has 0 amide bonds. The Morgan fingerprint density at radius 2 is 2.00 bits per heavy atom. The third-order valence-electron chi connectivity index (χ3n) is 0.467. The predicted molar refractivity (Wildman–Crippen MR) is 32.1 cm³/mol. The topological polar surface area (TPSA) is 0 Å². The lowest BCUT2D eigenvalue weighted by Gasteiger charge is -1.68. The van der Waals surface area contributed by atoms with E-state index in [1.807, 2.05) is 26.8 Å². The summed E-state index contributed by atoms with van der Waals surface area (Å²) in [6.07, 6.45) is 1.84. The molecule has 0 N–H and O–H groups in total. The van der Waals surface area contributed by atoms with Crippen molar-refractivity contribution < 1.29 is 0 Å². The van der Waals surface area contributed by atoms with Crippen LogP contribution >= 0.6 is 0 Å². The van der Waals surface area contributed by atoms with Crippen LogP contribution in [0.5, 0.6) is 0 Å². The predicted octanol–water partition coefficient (Wildman–Crippen LogP) is 2.28. The van der Waals surface area contributed by atoms with Crippen LogP contribution in [0.1, 0.15) is 20.8 Å². The van der Waals surface area contributed by atoms with Crippen LogP contribution in [-0.4, -0.2) is 0 Å². The maximum atomic E-state index is 2.91. The lowest BCUT2D eigenvalue weighted by molar-refractivity contribution is 1.41. The second-order valence-electron chi connectivity index (χ2n) is 1.56. The van der Waals surface area contributed by atoms with Crippen molar-refractivity contribution in [1.29, 1.82) is 0 Å². The fourth-order valence-corrected chi connectivity index (χ4v) is 0.217. The molecule has 0 fully saturated rings. The fraction of sp³-hybridized carbons (Fsp3) is 0.429. The number of allylic oxidation sites excluding steroid dienone is 2. The third-order valence-corrected chi connectivity index (χ3v) is 0.467. The van der Waals surface area contributed by atoms with Crippen LogP contribution in [0.2, 0.25) is 0 Å². The van der Waals surface area contributed by atoms with Gasteiger partial charge in [-0.25, -0.2) is 0 Å². The van der Waals surface area contributed by atoms with Crippen molar-refractivity contribution in [3.05, 3.63) is 23.1 Å². The maximum absolute atomic E-state index is 2.91. The van der Waals surface area contributed by atoms with Crippen LogP contribution in [0.15, 0.2) is 23.1 Å². The molecule has 0 aliphatic heterocycles. The summed E-state index contributed by atoms with van der Waals surface area (Å²) < 4.78 is 0. The van der Waals surface area contributed by atoms with E-state index >= 15 is 0 Å². The summed E-state index contributed by atoms with van der Waals surface area (Å²) in [5, 5.41) is 0. The minimum absolute atomic E-state index is 1.16. The summed E-state index contributed by atoms with van der Waals surface area (Å²) >= 11 is 0. The molecule has 0 spiro atoms. The minimum atomic E-state index is 1.16. The Morgan fingerprint density at radius 3 is 2.14 bits per heavy atom. The molecule has 0 heteroatoms. The Hall–Kier alpha value is -0.700. The first-order valence-electron chi connectivity index (χ1n) is 2.37. The Labute approximate surface area is 44.9 Å². The SMILES string of the molecule is CC=C=C=C(C)C. The van der Waals surface area contributed by atoms with Gasteiger partial charge in [0, 0.05) is 0 Å². The van der Waals surface area contributed by atoms with Crippen molar-refractivity contribution in [3.63, 3.8) is 0 Å². The van der Waals surface area contributed by atoms with Crippen LogP contribution in [-0.2, 0) is 0 Å². The molecule has 0 bridgehead atoms. The van der Waals surface area contributed by atoms with Gasteiger partial charge in [-0.3, -0.25) is 0 Å². The average Bonchev–Trinajstić information content (AvgIpc) is 1.61. The largest absolute Gasteiger partial charge is 0.0750 e. The average molecular weight is 94.2 g/mol. The second-order valence-corrected chi connectivity index (χ2v) is 1.56. The van der Waals surface area contributed by atoms with Gasteiger partial charge in [0.05, 0.1) is 0 Å². The van der Waals surface area contributed by atoms with Gasteiger partial charge in [0.2, 0.25) is 0 Å². The van der Waals surface area contributed by atoms with Crippen LogP contribution in [0, 0.1) is 0 Å². The van der Waals surface area contributed by atoms with E-state index < -0.39 is 0 Å². The molecule has 0 aromatic carbocycles. The van der Waals surface area contributed by atoms with Gasteiger partial charge in [0.1, 0.15) is 0 Å². The molecule has 38 valence electrons. The zero-order valence-corrected chi connectivity index (χ0v) is 5.08. The smallest absolute Gasteiger partial charge is 0.0261 e. The molecule has 0 radical (unpaired) electrons. The quantitative estimate of drug-likeness (QED) is 0.404. The van der Waals surface area contributed by atoms with Gasteiger partial charge < -0.3 is 0 Å². The van der Waals surface area contributed by atoms with E-state index in [9.17, 15) is 0 Å². The van der Waals surface area contributed by atoms with Crippen molar-refractivity contribution in [2.75, 3.05) is 0 Å². The Kier molecular flexibility index (Phi) is 3.14. The summed E-state index contributed by atoms with van der Waals surface area (Å²) in [6.45, 7) is 5.92. The van der Waals surface area contributed by atoms with E-state index in [1.54, 1.807) is 0 Å². The van der Waals surface area contributed by atoms with E-state index in [1.165, 1.54) is 0 Å². The van der Waals surface area contributed by atoms with Crippen molar-refractivity contribution in [2.45, 2.75) is 20.8 Å². The fourth-order valence-electron chi connectivity index (χ4n) is 0.217. The summed E-state index contributed by atoms with van der Waals surface area (Å²) in [7, 11) is 0. The first-order valence-corrected chi connectivity index (χ1v) is 2.37. The Morgan fingerprint density at radius 1 is 1.43 bits per heavy atom. The standard InChI is InChI=1S/C7H10/c1-4-5-6-7(2)3/h4H,1-3H3. The minimum Gasteiger partial charge on any atom is -0.0750 e. The van der Waals surface area contributed by atoms with Gasteiger partial charge in [-0.15, -0.1) is 0 Å². The highest BCUT2D eigenvalue weighted by Crippen LogP contribution is 1.79. The first kappa shape index (κ1) is 6.30. The zero-order chi connectivity index (χ0) is 5.70. The molecular formula is C7H10.